The number of thiazole rings is 1. The number of methoxy groups -OCH3 is 1. The van der Waals surface area contributed by atoms with Crippen LogP contribution in [0, 0.1) is 5.92 Å². The molecule has 2 amide bonds. The first kappa shape index (κ1) is 18.8. The Morgan fingerprint density at radius 3 is 2.47 bits per heavy atom. The van der Waals surface area contributed by atoms with Crippen molar-refractivity contribution >= 4 is 34.0 Å². The molecule has 7 heteroatoms. The van der Waals surface area contributed by atoms with Gasteiger partial charge in [0.15, 0.2) is 5.13 Å². The van der Waals surface area contributed by atoms with Gasteiger partial charge in [0.25, 0.3) is 0 Å². The van der Waals surface area contributed by atoms with Gasteiger partial charge in [0.05, 0.1) is 30.3 Å². The van der Waals surface area contributed by atoms with E-state index in [0.29, 0.717) is 12.1 Å². The third-order valence-corrected chi connectivity index (χ3v) is 7.18. The Hall–Kier alpha value is -3.19. The number of carbonyl (C=O) groups excluding carboxylic acids is 2. The molecule has 1 fully saturated rings. The second-order valence-corrected chi connectivity index (χ2v) is 8.55. The van der Waals surface area contributed by atoms with E-state index in [0.717, 1.165) is 27.0 Å². The van der Waals surface area contributed by atoms with Crippen molar-refractivity contribution in [1.82, 2.24) is 4.98 Å². The summed E-state index contributed by atoms with van der Waals surface area (Å²) in [5.74, 6) is -0.607. The maximum Gasteiger partial charge on any atom is 0.243 e. The topological polar surface area (TPSA) is 71.5 Å². The molecule has 5 rings (SSSR count). The average molecular weight is 420 g/mol. The quantitative estimate of drug-likeness (QED) is 0.651. The number of hydrogen-bond acceptors (Lipinski definition) is 6. The lowest BCUT2D eigenvalue weighted by Crippen LogP contribution is -2.32. The minimum Gasteiger partial charge on any atom is -0.497 e. The lowest BCUT2D eigenvalue weighted by atomic mass is 9.72. The molecule has 0 spiro atoms. The van der Waals surface area contributed by atoms with E-state index in [-0.39, 0.29) is 17.7 Å². The van der Waals surface area contributed by atoms with Crippen molar-refractivity contribution in [3.63, 3.8) is 0 Å². The zero-order valence-electron chi connectivity index (χ0n) is 16.7. The van der Waals surface area contributed by atoms with Crippen molar-refractivity contribution in [2.75, 3.05) is 24.4 Å². The van der Waals surface area contributed by atoms with Crippen molar-refractivity contribution in [2.24, 2.45) is 5.92 Å². The second-order valence-electron chi connectivity index (χ2n) is 7.51. The van der Waals surface area contributed by atoms with Crippen molar-refractivity contribution in [3.05, 3.63) is 70.7 Å². The number of ether oxygens (including phenoxy) is 1. The number of nitrogens with zero attached hydrogens (tertiary/aromatic N) is 2. The number of fused-ring (bicyclic) bond motifs is 3. The van der Waals surface area contributed by atoms with Crippen LogP contribution in [0.2, 0.25) is 0 Å². The zero-order valence-corrected chi connectivity index (χ0v) is 17.5. The molecule has 1 aliphatic carbocycles. The van der Waals surface area contributed by atoms with E-state index >= 15 is 0 Å². The first-order valence-electron chi connectivity index (χ1n) is 9.86. The molecule has 0 bridgehead atoms. The fraction of sp³-hybridized carbons (Fsp3) is 0.261. The van der Waals surface area contributed by atoms with Crippen LogP contribution < -0.4 is 15.0 Å². The molecule has 0 unspecified atom stereocenters. The lowest BCUT2D eigenvalue weighted by molar-refractivity contribution is -0.122. The molecule has 2 aliphatic rings. The highest BCUT2D eigenvalue weighted by atomic mass is 32.1. The molecule has 152 valence electrons. The SMILES string of the molecule is CNc1nc2c(s1)[C@@H]1C(=O)N(c3ccccc3)C(=O)[C@@H]1[C@H](c1ccc(OC)cc1)C2. The molecule has 1 N–H and O–H groups in total. The van der Waals surface area contributed by atoms with Crippen molar-refractivity contribution in [2.45, 2.75) is 18.3 Å². The standard InChI is InChI=1S/C23H21N3O3S/c1-24-23-25-17-12-16(13-8-10-15(29-2)11-9-13)18-19(20(17)30-23)22(28)26(21(18)27)14-6-4-3-5-7-14/h3-11,16,18-19H,12H2,1-2H3,(H,24,25)/t16-,18+,19+/m0/s1. The van der Waals surface area contributed by atoms with Crippen molar-refractivity contribution < 1.29 is 14.3 Å². The molecular weight excluding hydrogens is 398 g/mol. The van der Waals surface area contributed by atoms with Gasteiger partial charge in [-0.25, -0.2) is 9.88 Å². The number of amides is 2. The van der Waals surface area contributed by atoms with Crippen LogP contribution in [0.5, 0.6) is 5.75 Å². The van der Waals surface area contributed by atoms with E-state index < -0.39 is 11.8 Å². The van der Waals surface area contributed by atoms with E-state index in [1.54, 1.807) is 7.11 Å². The number of anilines is 2. The van der Waals surface area contributed by atoms with Gasteiger partial charge >= 0.3 is 0 Å². The van der Waals surface area contributed by atoms with Gasteiger partial charge in [-0.2, -0.15) is 0 Å². The van der Waals surface area contributed by atoms with Crippen LogP contribution in [0.4, 0.5) is 10.8 Å². The average Bonchev–Trinajstić information content (AvgIpc) is 3.32. The number of aromatic nitrogens is 1. The Kier molecular flexibility index (Phi) is 4.55. The van der Waals surface area contributed by atoms with Crippen LogP contribution in [0.1, 0.15) is 28.0 Å². The number of carbonyl (C=O) groups is 2. The fourth-order valence-corrected chi connectivity index (χ4v) is 5.66. The van der Waals surface area contributed by atoms with Crippen LogP contribution in [0.3, 0.4) is 0 Å². The summed E-state index contributed by atoms with van der Waals surface area (Å²) in [6.45, 7) is 0. The van der Waals surface area contributed by atoms with E-state index in [2.05, 4.69) is 5.32 Å². The molecule has 0 radical (unpaired) electrons. The number of imide groups is 1. The van der Waals surface area contributed by atoms with Crippen molar-refractivity contribution in [1.29, 1.82) is 0 Å². The van der Waals surface area contributed by atoms with Crippen molar-refractivity contribution in [3.8, 4) is 5.75 Å². The first-order chi connectivity index (χ1) is 14.6. The smallest absolute Gasteiger partial charge is 0.243 e. The Bertz CT molecular complexity index is 1110. The number of para-hydroxylation sites is 1. The fourth-order valence-electron chi connectivity index (χ4n) is 4.58. The molecule has 3 aromatic rings. The minimum absolute atomic E-state index is 0.120. The van der Waals surface area contributed by atoms with Gasteiger partial charge in [-0.15, -0.1) is 11.3 Å². The number of benzene rings is 2. The van der Waals surface area contributed by atoms with E-state index in [1.807, 2.05) is 61.6 Å². The summed E-state index contributed by atoms with van der Waals surface area (Å²) in [5.41, 5.74) is 2.55. The summed E-state index contributed by atoms with van der Waals surface area (Å²) < 4.78 is 5.28. The van der Waals surface area contributed by atoms with Crippen LogP contribution >= 0.6 is 11.3 Å². The molecule has 0 saturated carbocycles. The third-order valence-electron chi connectivity index (χ3n) is 5.98. The molecule has 2 heterocycles. The monoisotopic (exact) mass is 419 g/mol. The summed E-state index contributed by atoms with van der Waals surface area (Å²) in [4.78, 5) is 34.1. The highest BCUT2D eigenvalue weighted by Crippen LogP contribution is 2.52. The van der Waals surface area contributed by atoms with Gasteiger partial charge in [-0.05, 0) is 36.2 Å². The highest BCUT2D eigenvalue weighted by molar-refractivity contribution is 7.16. The summed E-state index contributed by atoms with van der Waals surface area (Å²) in [7, 11) is 3.45. The maximum absolute atomic E-state index is 13.6. The molecular formula is C23H21N3O3S. The van der Waals surface area contributed by atoms with E-state index in [4.69, 9.17) is 9.72 Å². The molecule has 2 aromatic carbocycles. The summed E-state index contributed by atoms with van der Waals surface area (Å²) >= 11 is 1.48. The predicted octanol–water partition coefficient (Wildman–Crippen LogP) is 3.81. The molecule has 6 nitrogen and oxygen atoms in total. The van der Waals surface area contributed by atoms with Gasteiger partial charge in [0, 0.05) is 17.8 Å². The third kappa shape index (κ3) is 2.81. The number of rotatable bonds is 4. The Morgan fingerprint density at radius 2 is 1.80 bits per heavy atom. The predicted molar refractivity (Wildman–Crippen MR) is 116 cm³/mol. The van der Waals surface area contributed by atoms with Crippen LogP contribution in [0.15, 0.2) is 54.6 Å². The van der Waals surface area contributed by atoms with Crippen LogP contribution in [-0.2, 0) is 16.0 Å². The Labute approximate surface area is 178 Å². The largest absolute Gasteiger partial charge is 0.497 e. The number of nitrogens with one attached hydrogen (secondary N) is 1. The second kappa shape index (κ2) is 7.25. The maximum atomic E-state index is 13.6. The van der Waals surface area contributed by atoms with E-state index in [1.165, 1.54) is 16.2 Å². The zero-order chi connectivity index (χ0) is 20.8. The summed E-state index contributed by atoms with van der Waals surface area (Å²) in [5, 5.41) is 3.85. The van der Waals surface area contributed by atoms with Gasteiger partial charge in [0.2, 0.25) is 11.8 Å². The first-order valence-corrected chi connectivity index (χ1v) is 10.7. The Balaban J connectivity index is 1.63. The summed E-state index contributed by atoms with van der Waals surface area (Å²) in [6, 6.07) is 16.9. The summed E-state index contributed by atoms with van der Waals surface area (Å²) in [6.07, 6.45) is 0.628. The highest BCUT2D eigenvalue weighted by Gasteiger charge is 2.56. The van der Waals surface area contributed by atoms with Crippen LogP contribution in [-0.4, -0.2) is 31.0 Å². The van der Waals surface area contributed by atoms with Crippen LogP contribution in [0.25, 0.3) is 0 Å². The van der Waals surface area contributed by atoms with Gasteiger partial charge < -0.3 is 10.1 Å². The van der Waals surface area contributed by atoms with E-state index in [9.17, 15) is 9.59 Å². The minimum atomic E-state index is -0.506. The molecule has 30 heavy (non-hydrogen) atoms. The lowest BCUT2D eigenvalue weighted by Gasteiger charge is -2.30. The van der Waals surface area contributed by atoms with Gasteiger partial charge in [-0.1, -0.05) is 30.3 Å². The normalized spacial score (nSPS) is 22.6. The molecule has 1 aromatic heterocycles. The molecule has 1 saturated heterocycles. The Morgan fingerprint density at radius 1 is 1.07 bits per heavy atom. The van der Waals surface area contributed by atoms with Gasteiger partial charge in [0.1, 0.15) is 5.75 Å². The number of hydrogen-bond donors (Lipinski definition) is 1. The van der Waals surface area contributed by atoms with Gasteiger partial charge in [-0.3, -0.25) is 9.59 Å². The molecule has 1 aliphatic heterocycles. The molecule has 3 atom stereocenters.